The second-order valence-electron chi connectivity index (χ2n) is 20.2. The summed E-state index contributed by atoms with van der Waals surface area (Å²) >= 11 is 3.65. The molecule has 0 N–H and O–H groups in total. The highest BCUT2D eigenvalue weighted by atomic mass is 32.1. The fraction of sp³-hybridized carbons (Fsp3) is 0.0141. The number of fused-ring (bicyclic) bond motifs is 19. The minimum atomic E-state index is -0.452. The van der Waals surface area contributed by atoms with Crippen molar-refractivity contribution in [2.45, 2.75) is 5.41 Å². The minimum absolute atomic E-state index is 0.452. The first-order valence-electron chi connectivity index (χ1n) is 25.9. The summed E-state index contributed by atoms with van der Waals surface area (Å²) in [4.78, 5) is 11.0. The van der Waals surface area contributed by atoms with Crippen LogP contribution in [0.15, 0.2) is 247 Å². The average Bonchev–Trinajstić information content (AvgIpc) is 4.49. The van der Waals surface area contributed by atoms with Gasteiger partial charge >= 0.3 is 0 Å². The van der Waals surface area contributed by atoms with Gasteiger partial charge in [-0.3, -0.25) is 0 Å². The Hall–Kier alpha value is -9.26. The number of rotatable bonds is 5. The fourth-order valence-electron chi connectivity index (χ4n) is 13.2. The lowest BCUT2D eigenvalue weighted by atomic mass is 9.68. The Morgan fingerprint density at radius 1 is 0.303 bits per heavy atom. The molecule has 352 valence electrons. The molecule has 2 aliphatic carbocycles. The zero-order valence-corrected chi connectivity index (χ0v) is 42.3. The molecule has 0 bridgehead atoms. The molecule has 0 saturated heterocycles. The van der Waals surface area contributed by atoms with Crippen molar-refractivity contribution in [3.05, 3.63) is 265 Å². The van der Waals surface area contributed by atoms with Crippen molar-refractivity contribution < 1.29 is 4.42 Å². The molecule has 0 saturated carbocycles. The highest BCUT2D eigenvalue weighted by molar-refractivity contribution is 7.26. The van der Waals surface area contributed by atoms with Crippen LogP contribution in [0.4, 0.5) is 0 Å². The maximum absolute atomic E-state index is 6.76. The first kappa shape index (κ1) is 42.1. The molecule has 0 unspecified atom stereocenters. The molecule has 1 spiro atoms. The summed E-state index contributed by atoms with van der Waals surface area (Å²) in [6, 6.07) is 89.1. The monoisotopic (exact) mass is 1000 g/mol. The highest BCUT2D eigenvalue weighted by Crippen LogP contribution is 2.64. The van der Waals surface area contributed by atoms with Crippen LogP contribution in [0.1, 0.15) is 22.3 Å². The summed E-state index contributed by atoms with van der Waals surface area (Å²) in [6.45, 7) is 0. The summed E-state index contributed by atoms with van der Waals surface area (Å²) in [5.74, 6) is 0.686. The number of aromatic nitrogens is 2. The third kappa shape index (κ3) is 5.87. The molecule has 17 rings (SSSR count). The van der Waals surface area contributed by atoms with E-state index in [0.717, 1.165) is 61.1 Å². The Labute approximate surface area is 445 Å². The van der Waals surface area contributed by atoms with Gasteiger partial charge in [0.05, 0.1) is 16.8 Å². The van der Waals surface area contributed by atoms with E-state index in [1.54, 1.807) is 0 Å². The molecule has 11 aromatic carbocycles. The number of hydrogen-bond donors (Lipinski definition) is 0. The van der Waals surface area contributed by atoms with Crippen LogP contribution < -0.4 is 0 Å². The minimum Gasteiger partial charge on any atom is -0.456 e. The van der Waals surface area contributed by atoms with E-state index in [1.165, 1.54) is 96.0 Å². The molecule has 0 fully saturated rings. The van der Waals surface area contributed by atoms with E-state index in [9.17, 15) is 0 Å². The third-order valence-electron chi connectivity index (χ3n) is 16.3. The summed E-state index contributed by atoms with van der Waals surface area (Å²) in [6.07, 6.45) is 0. The molecule has 0 aliphatic heterocycles. The molecule has 3 nitrogen and oxygen atoms in total. The first-order valence-corrected chi connectivity index (χ1v) is 27.5. The average molecular weight is 1000 g/mol. The molecule has 4 heterocycles. The maximum atomic E-state index is 6.76. The Morgan fingerprint density at radius 2 is 0.816 bits per heavy atom. The van der Waals surface area contributed by atoms with Gasteiger partial charge in [0.15, 0.2) is 5.82 Å². The second kappa shape index (κ2) is 15.9. The van der Waals surface area contributed by atoms with E-state index in [-0.39, 0.29) is 0 Å². The fourth-order valence-corrected chi connectivity index (χ4v) is 15.4. The Balaban J connectivity index is 0.846. The van der Waals surface area contributed by atoms with Crippen LogP contribution in [0.2, 0.25) is 0 Å². The van der Waals surface area contributed by atoms with Crippen LogP contribution in [0, 0.1) is 0 Å². The maximum Gasteiger partial charge on any atom is 0.160 e. The van der Waals surface area contributed by atoms with Crippen molar-refractivity contribution in [2.24, 2.45) is 0 Å². The summed E-state index contributed by atoms with van der Waals surface area (Å²) < 4.78 is 11.8. The van der Waals surface area contributed by atoms with Crippen LogP contribution in [0.25, 0.3) is 141 Å². The van der Waals surface area contributed by atoms with Gasteiger partial charge in [0.25, 0.3) is 0 Å². The third-order valence-corrected chi connectivity index (χ3v) is 18.6. The van der Waals surface area contributed by atoms with Crippen LogP contribution >= 0.6 is 22.7 Å². The van der Waals surface area contributed by atoms with Gasteiger partial charge in [0, 0.05) is 67.8 Å². The van der Waals surface area contributed by atoms with E-state index in [4.69, 9.17) is 14.4 Å². The van der Waals surface area contributed by atoms with Gasteiger partial charge in [0.1, 0.15) is 11.2 Å². The van der Waals surface area contributed by atoms with Gasteiger partial charge in [-0.2, -0.15) is 0 Å². The van der Waals surface area contributed by atoms with Gasteiger partial charge in [-0.25, -0.2) is 9.97 Å². The van der Waals surface area contributed by atoms with Gasteiger partial charge in [-0.05, 0) is 133 Å². The lowest BCUT2D eigenvalue weighted by molar-refractivity contribution is 0.669. The van der Waals surface area contributed by atoms with Gasteiger partial charge < -0.3 is 4.42 Å². The first-order chi connectivity index (χ1) is 37.7. The van der Waals surface area contributed by atoms with Gasteiger partial charge in [-0.1, -0.05) is 176 Å². The zero-order chi connectivity index (χ0) is 49.6. The summed E-state index contributed by atoms with van der Waals surface area (Å²) in [7, 11) is 0. The van der Waals surface area contributed by atoms with Crippen molar-refractivity contribution in [3.63, 3.8) is 0 Å². The van der Waals surface area contributed by atoms with Crippen molar-refractivity contribution in [3.8, 4) is 78.4 Å². The van der Waals surface area contributed by atoms with Crippen molar-refractivity contribution in [1.82, 2.24) is 9.97 Å². The number of benzene rings is 11. The van der Waals surface area contributed by atoms with Crippen molar-refractivity contribution in [2.75, 3.05) is 0 Å². The van der Waals surface area contributed by atoms with Crippen LogP contribution in [0.5, 0.6) is 0 Å². The number of thiophene rings is 2. The van der Waals surface area contributed by atoms with Crippen LogP contribution in [0.3, 0.4) is 0 Å². The standard InChI is InChI=1S/C71H40N2OS2/c1-6-26-56-46(17-1)47-18-2-7-27-57(47)71(56)58-28-8-3-19-48(58)50-23-12-22-45(69(50)71)43-16-11-15-41(37-43)42-33-35-61-55(38-42)67-51(24-13-29-62(67)74-61)59-40-60(52-25-14-32-66-68(52)53-21-5-10-31-64(53)76-66)73-70(72-59)44-34-36-65-54(39-44)49-20-4-9-30-63(49)75-65/h1-40H. The quantitative estimate of drug-likeness (QED) is 0.172. The molecule has 76 heavy (non-hydrogen) atoms. The molecular weight excluding hydrogens is 961 g/mol. The molecule has 4 aromatic heterocycles. The molecule has 2 aliphatic rings. The Kier molecular flexibility index (Phi) is 8.80. The molecule has 0 atom stereocenters. The lowest BCUT2D eigenvalue weighted by Gasteiger charge is -2.32. The largest absolute Gasteiger partial charge is 0.456 e. The number of hydrogen-bond acceptors (Lipinski definition) is 5. The molecule has 0 radical (unpaired) electrons. The smallest absolute Gasteiger partial charge is 0.160 e. The zero-order valence-electron chi connectivity index (χ0n) is 40.7. The van der Waals surface area contributed by atoms with Crippen LogP contribution in [-0.4, -0.2) is 9.97 Å². The Morgan fingerprint density at radius 3 is 1.59 bits per heavy atom. The highest BCUT2D eigenvalue weighted by Gasteiger charge is 2.52. The van der Waals surface area contributed by atoms with Crippen LogP contribution in [-0.2, 0) is 5.41 Å². The van der Waals surface area contributed by atoms with E-state index in [2.05, 4.69) is 243 Å². The SMILES string of the molecule is c1cc(-c2ccc3oc4cccc(-c5cc(-c6cccc7sc8ccccc8c67)nc(-c6ccc7sc8ccccc8c7c6)n5)c4c3c2)cc(-c2cccc3c2C2(c4ccccc4-c4ccccc42)c2ccccc2-3)c1. The van der Waals surface area contributed by atoms with Gasteiger partial charge in [0.2, 0.25) is 0 Å². The predicted octanol–water partition coefficient (Wildman–Crippen LogP) is 19.8. The normalized spacial score (nSPS) is 13.1. The molecular formula is C71H40N2OS2. The number of furan rings is 1. The summed E-state index contributed by atoms with van der Waals surface area (Å²) in [5, 5.41) is 6.99. The molecule has 0 amide bonds. The van der Waals surface area contributed by atoms with E-state index in [0.29, 0.717) is 5.82 Å². The topological polar surface area (TPSA) is 38.9 Å². The van der Waals surface area contributed by atoms with E-state index in [1.807, 2.05) is 22.7 Å². The second-order valence-corrected chi connectivity index (χ2v) is 22.4. The van der Waals surface area contributed by atoms with Crippen molar-refractivity contribution in [1.29, 1.82) is 0 Å². The lowest BCUT2D eigenvalue weighted by Crippen LogP contribution is -2.26. The van der Waals surface area contributed by atoms with Crippen molar-refractivity contribution >= 4 is 85.0 Å². The summed E-state index contributed by atoms with van der Waals surface area (Å²) in [5.41, 5.74) is 21.3. The molecule has 5 heteroatoms. The Bertz CT molecular complexity index is 4910. The predicted molar refractivity (Wildman–Crippen MR) is 319 cm³/mol. The van der Waals surface area contributed by atoms with E-state index < -0.39 is 5.41 Å². The number of nitrogens with zero attached hydrogens (tertiary/aromatic N) is 2. The van der Waals surface area contributed by atoms with E-state index >= 15 is 0 Å². The molecule has 15 aromatic rings. The van der Waals surface area contributed by atoms with Gasteiger partial charge in [-0.15, -0.1) is 22.7 Å².